The third-order valence-electron chi connectivity index (χ3n) is 3.83. The molecular weight excluding hydrogens is 320 g/mol. The number of aromatic nitrogens is 1. The van der Waals surface area contributed by atoms with E-state index in [9.17, 15) is 4.79 Å². The molecule has 0 radical (unpaired) electrons. The van der Waals surface area contributed by atoms with Crippen molar-refractivity contribution in [2.45, 2.75) is 12.8 Å². The van der Waals surface area contributed by atoms with E-state index in [-0.39, 0.29) is 19.1 Å². The van der Waals surface area contributed by atoms with E-state index < -0.39 is 0 Å². The number of ether oxygens (including phenoxy) is 2. The first-order chi connectivity index (χ1) is 12.3. The number of carbonyl (C=O) groups excluding carboxylic acids is 1. The molecule has 0 aliphatic carbocycles. The number of anilines is 1. The highest BCUT2D eigenvalue weighted by Crippen LogP contribution is 2.34. The van der Waals surface area contributed by atoms with Crippen molar-refractivity contribution >= 4 is 11.6 Å². The van der Waals surface area contributed by atoms with Crippen molar-refractivity contribution in [3.63, 3.8) is 0 Å². The van der Waals surface area contributed by atoms with Crippen molar-refractivity contribution < 1.29 is 18.7 Å². The largest absolute Gasteiger partial charge is 0.454 e. The van der Waals surface area contributed by atoms with Gasteiger partial charge in [0.15, 0.2) is 23.1 Å². The number of aryl methyl sites for hydroxylation is 1. The minimum Gasteiger partial charge on any atom is -0.454 e. The van der Waals surface area contributed by atoms with Gasteiger partial charge in [-0.3, -0.25) is 4.79 Å². The predicted octanol–water partition coefficient (Wildman–Crippen LogP) is 3.64. The highest BCUT2D eigenvalue weighted by Gasteiger charge is 2.14. The van der Waals surface area contributed by atoms with Crippen LogP contribution in [0.2, 0.25) is 0 Å². The number of fused-ring (bicyclic) bond motifs is 1. The second-order valence-corrected chi connectivity index (χ2v) is 5.60. The van der Waals surface area contributed by atoms with Crippen molar-refractivity contribution in [3.8, 4) is 22.8 Å². The standard InChI is InChI=1S/C19H16N2O4/c22-18(21-14-6-7-15-16(10-14)24-12-23-15)8-9-19-20-11-17(25-19)13-4-2-1-3-5-13/h1-7,10-11H,8-9,12H2,(H,21,22). The molecule has 4 rings (SSSR count). The Morgan fingerprint density at radius 2 is 1.92 bits per heavy atom. The Labute approximate surface area is 144 Å². The molecule has 6 nitrogen and oxygen atoms in total. The maximum absolute atomic E-state index is 12.1. The number of carbonyl (C=O) groups is 1. The molecule has 1 aliphatic rings. The fourth-order valence-corrected chi connectivity index (χ4v) is 2.58. The van der Waals surface area contributed by atoms with Crippen LogP contribution in [0.4, 0.5) is 5.69 Å². The van der Waals surface area contributed by atoms with Gasteiger partial charge in [-0.1, -0.05) is 30.3 Å². The van der Waals surface area contributed by atoms with Crippen LogP contribution in [0.15, 0.2) is 59.1 Å². The summed E-state index contributed by atoms with van der Waals surface area (Å²) in [5.74, 6) is 2.45. The summed E-state index contributed by atoms with van der Waals surface area (Å²) in [7, 11) is 0. The Bertz CT molecular complexity index is 889. The molecule has 25 heavy (non-hydrogen) atoms. The van der Waals surface area contributed by atoms with Gasteiger partial charge in [-0.15, -0.1) is 0 Å². The lowest BCUT2D eigenvalue weighted by atomic mass is 10.2. The van der Waals surface area contributed by atoms with Crippen molar-refractivity contribution in [1.82, 2.24) is 4.98 Å². The molecule has 1 N–H and O–H groups in total. The van der Waals surface area contributed by atoms with Crippen molar-refractivity contribution in [3.05, 3.63) is 60.6 Å². The molecule has 0 saturated carbocycles. The number of nitrogens with one attached hydrogen (secondary N) is 1. The zero-order valence-corrected chi connectivity index (χ0v) is 13.4. The fraction of sp³-hybridized carbons (Fsp3) is 0.158. The monoisotopic (exact) mass is 336 g/mol. The number of benzene rings is 2. The average molecular weight is 336 g/mol. The molecular formula is C19H16N2O4. The van der Waals surface area contributed by atoms with Crippen LogP contribution in [-0.2, 0) is 11.2 Å². The molecule has 126 valence electrons. The van der Waals surface area contributed by atoms with Gasteiger partial charge in [0.25, 0.3) is 0 Å². The first-order valence-corrected chi connectivity index (χ1v) is 7.97. The number of rotatable bonds is 5. The Kier molecular flexibility index (Phi) is 4.08. The van der Waals surface area contributed by atoms with E-state index >= 15 is 0 Å². The van der Waals surface area contributed by atoms with Crippen LogP contribution in [0.1, 0.15) is 12.3 Å². The van der Waals surface area contributed by atoms with Gasteiger partial charge >= 0.3 is 0 Å². The van der Waals surface area contributed by atoms with E-state index in [2.05, 4.69) is 10.3 Å². The van der Waals surface area contributed by atoms with Gasteiger partial charge in [-0.25, -0.2) is 4.98 Å². The van der Waals surface area contributed by atoms with Crippen LogP contribution in [0, 0.1) is 0 Å². The molecule has 1 aromatic heterocycles. The summed E-state index contributed by atoms with van der Waals surface area (Å²) in [6.07, 6.45) is 2.40. The van der Waals surface area contributed by atoms with Crippen LogP contribution in [0.3, 0.4) is 0 Å². The number of amides is 1. The van der Waals surface area contributed by atoms with E-state index in [1.54, 1.807) is 24.4 Å². The van der Waals surface area contributed by atoms with Gasteiger partial charge in [0, 0.05) is 30.2 Å². The van der Waals surface area contributed by atoms with Gasteiger partial charge in [0.2, 0.25) is 12.7 Å². The zero-order chi connectivity index (χ0) is 17.1. The lowest BCUT2D eigenvalue weighted by Crippen LogP contribution is -2.12. The predicted molar refractivity (Wildman–Crippen MR) is 91.5 cm³/mol. The molecule has 3 aromatic rings. The summed E-state index contributed by atoms with van der Waals surface area (Å²) in [5.41, 5.74) is 1.64. The number of hydrogen-bond acceptors (Lipinski definition) is 5. The Hall–Kier alpha value is -3.28. The summed E-state index contributed by atoms with van der Waals surface area (Å²) in [6.45, 7) is 0.209. The fourth-order valence-electron chi connectivity index (χ4n) is 2.58. The highest BCUT2D eigenvalue weighted by atomic mass is 16.7. The topological polar surface area (TPSA) is 73.6 Å². The first kappa shape index (κ1) is 15.3. The zero-order valence-electron chi connectivity index (χ0n) is 13.4. The third kappa shape index (κ3) is 3.47. The minimum absolute atomic E-state index is 0.113. The van der Waals surface area contributed by atoms with E-state index in [0.29, 0.717) is 35.3 Å². The van der Waals surface area contributed by atoms with E-state index in [4.69, 9.17) is 13.9 Å². The van der Waals surface area contributed by atoms with Gasteiger partial charge in [-0.05, 0) is 12.1 Å². The van der Waals surface area contributed by atoms with Crippen molar-refractivity contribution in [1.29, 1.82) is 0 Å². The van der Waals surface area contributed by atoms with Crippen molar-refractivity contribution in [2.75, 3.05) is 12.1 Å². The second kappa shape index (κ2) is 6.68. The lowest BCUT2D eigenvalue weighted by molar-refractivity contribution is -0.116. The van der Waals surface area contributed by atoms with Crippen LogP contribution in [0.25, 0.3) is 11.3 Å². The number of oxazole rings is 1. The lowest BCUT2D eigenvalue weighted by Gasteiger charge is -2.05. The smallest absolute Gasteiger partial charge is 0.231 e. The summed E-state index contributed by atoms with van der Waals surface area (Å²) >= 11 is 0. The van der Waals surface area contributed by atoms with Crippen LogP contribution in [-0.4, -0.2) is 17.7 Å². The van der Waals surface area contributed by atoms with Crippen LogP contribution >= 0.6 is 0 Å². The molecule has 0 bridgehead atoms. The molecule has 1 aliphatic heterocycles. The van der Waals surface area contributed by atoms with Crippen LogP contribution in [0.5, 0.6) is 11.5 Å². The highest BCUT2D eigenvalue weighted by molar-refractivity contribution is 5.91. The summed E-state index contributed by atoms with van der Waals surface area (Å²) < 4.78 is 16.2. The Balaban J connectivity index is 1.34. The maximum Gasteiger partial charge on any atom is 0.231 e. The molecule has 2 aromatic carbocycles. The first-order valence-electron chi connectivity index (χ1n) is 7.97. The average Bonchev–Trinajstić information content (AvgIpc) is 3.30. The summed E-state index contributed by atoms with van der Waals surface area (Å²) in [5, 5.41) is 2.84. The SMILES string of the molecule is O=C(CCc1ncc(-c2ccccc2)o1)Nc1ccc2c(c1)OCO2. The molecule has 6 heteroatoms. The molecule has 2 heterocycles. The van der Waals surface area contributed by atoms with Crippen molar-refractivity contribution in [2.24, 2.45) is 0 Å². The summed E-state index contributed by atoms with van der Waals surface area (Å²) in [4.78, 5) is 16.3. The normalized spacial score (nSPS) is 12.2. The second-order valence-electron chi connectivity index (χ2n) is 5.60. The van der Waals surface area contributed by atoms with Gasteiger partial charge in [0.05, 0.1) is 6.20 Å². The summed E-state index contributed by atoms with van der Waals surface area (Å²) in [6, 6.07) is 15.0. The van der Waals surface area contributed by atoms with E-state index in [1.165, 1.54) is 0 Å². The minimum atomic E-state index is -0.113. The van der Waals surface area contributed by atoms with Gasteiger partial charge in [-0.2, -0.15) is 0 Å². The molecule has 0 fully saturated rings. The molecule has 1 amide bonds. The third-order valence-corrected chi connectivity index (χ3v) is 3.83. The Morgan fingerprint density at radius 1 is 1.08 bits per heavy atom. The molecule has 0 unspecified atom stereocenters. The maximum atomic E-state index is 12.1. The van der Waals surface area contributed by atoms with Crippen LogP contribution < -0.4 is 14.8 Å². The molecule has 0 saturated heterocycles. The number of hydrogen-bond donors (Lipinski definition) is 1. The molecule has 0 spiro atoms. The van der Waals surface area contributed by atoms with E-state index in [1.807, 2.05) is 30.3 Å². The molecule has 0 atom stereocenters. The Morgan fingerprint density at radius 3 is 2.80 bits per heavy atom. The van der Waals surface area contributed by atoms with E-state index in [0.717, 1.165) is 5.56 Å². The van der Waals surface area contributed by atoms with Gasteiger partial charge < -0.3 is 19.2 Å². The van der Waals surface area contributed by atoms with Gasteiger partial charge in [0.1, 0.15) is 0 Å². The quantitative estimate of drug-likeness (QED) is 0.770. The number of nitrogens with zero attached hydrogens (tertiary/aromatic N) is 1.